The quantitative estimate of drug-likeness (QED) is 0.876. The molecule has 1 aromatic rings. The van der Waals surface area contributed by atoms with Crippen LogP contribution in [-0.2, 0) is 9.53 Å². The fraction of sp³-hybridized carbons (Fsp3) is 0.600. The highest BCUT2D eigenvalue weighted by atomic mass is 19.1. The van der Waals surface area contributed by atoms with Crippen molar-refractivity contribution in [3.63, 3.8) is 0 Å². The van der Waals surface area contributed by atoms with Crippen LogP contribution in [0.15, 0.2) is 18.2 Å². The Labute approximate surface area is 158 Å². The topological polar surface area (TPSA) is 58.6 Å². The zero-order valence-electron chi connectivity index (χ0n) is 15.9. The van der Waals surface area contributed by atoms with Gasteiger partial charge in [0.25, 0.3) is 5.91 Å². The molecule has 1 heterocycles. The van der Waals surface area contributed by atoms with Crippen LogP contribution in [0.1, 0.15) is 56.8 Å². The van der Waals surface area contributed by atoms with E-state index >= 15 is 0 Å². The number of nitrogens with one attached hydrogen (secondary N) is 1. The normalized spacial score (nSPS) is 28.0. The summed E-state index contributed by atoms with van der Waals surface area (Å²) in [6.45, 7) is 5.88. The zero-order valence-corrected chi connectivity index (χ0v) is 15.9. The Morgan fingerprint density at radius 1 is 1.19 bits per heavy atom. The van der Waals surface area contributed by atoms with Crippen LogP contribution in [0.4, 0.5) is 8.78 Å². The summed E-state index contributed by atoms with van der Waals surface area (Å²) in [5.41, 5.74) is -1.01. The molecule has 0 unspecified atom stereocenters. The summed E-state index contributed by atoms with van der Waals surface area (Å²) in [4.78, 5) is 27.4. The maximum atomic E-state index is 13.7. The minimum atomic E-state index is -0.897. The second kappa shape index (κ2) is 7.54. The van der Waals surface area contributed by atoms with Gasteiger partial charge in [-0.05, 0) is 57.6 Å². The minimum absolute atomic E-state index is 0.0798. The highest BCUT2D eigenvalue weighted by Crippen LogP contribution is 2.43. The van der Waals surface area contributed by atoms with Gasteiger partial charge < -0.3 is 10.1 Å². The van der Waals surface area contributed by atoms with E-state index in [1.807, 2.05) is 13.8 Å². The summed E-state index contributed by atoms with van der Waals surface area (Å²) in [6, 6.07) is 1.81. The molecule has 5 nitrogen and oxygen atoms in total. The van der Waals surface area contributed by atoms with Gasteiger partial charge >= 0.3 is 0 Å². The molecular weight excluding hydrogens is 354 g/mol. The molecule has 27 heavy (non-hydrogen) atoms. The number of rotatable bonds is 3. The molecule has 2 aliphatic rings. The third kappa shape index (κ3) is 3.98. The van der Waals surface area contributed by atoms with Gasteiger partial charge in [0.05, 0.1) is 6.61 Å². The monoisotopic (exact) mass is 380 g/mol. The second-order valence-electron chi connectivity index (χ2n) is 7.95. The van der Waals surface area contributed by atoms with Crippen molar-refractivity contribution in [3.8, 4) is 0 Å². The maximum absolute atomic E-state index is 13.7. The average Bonchev–Trinajstić information content (AvgIpc) is 2.95. The SMILES string of the molecule is CC1CCC2(CC1)OC[C@H](C(=O)NC(C)C)N2C(=O)c1cc(F)cc(F)c1. The van der Waals surface area contributed by atoms with Crippen molar-refractivity contribution in [1.29, 1.82) is 0 Å². The van der Waals surface area contributed by atoms with Crippen molar-refractivity contribution < 1.29 is 23.1 Å². The van der Waals surface area contributed by atoms with Gasteiger partial charge in [0.2, 0.25) is 5.91 Å². The smallest absolute Gasteiger partial charge is 0.257 e. The molecule has 1 aliphatic heterocycles. The fourth-order valence-corrected chi connectivity index (χ4v) is 3.98. The lowest BCUT2D eigenvalue weighted by atomic mass is 9.83. The summed E-state index contributed by atoms with van der Waals surface area (Å²) in [7, 11) is 0. The zero-order chi connectivity index (χ0) is 19.8. The summed E-state index contributed by atoms with van der Waals surface area (Å²) in [5.74, 6) is -2.04. The van der Waals surface area contributed by atoms with Crippen molar-refractivity contribution in [2.45, 2.75) is 64.3 Å². The Balaban J connectivity index is 1.97. The van der Waals surface area contributed by atoms with Gasteiger partial charge in [0.1, 0.15) is 23.4 Å². The standard InChI is InChI=1S/C20H26F2N2O3/c1-12(2)23-18(25)17-11-27-20(6-4-13(3)5-7-20)24(17)19(26)14-8-15(21)10-16(22)9-14/h8-10,12-13,17H,4-7,11H2,1-3H3,(H,23,25)/t13?,17-,20?/m1/s1. The van der Waals surface area contributed by atoms with Crippen LogP contribution < -0.4 is 5.32 Å². The third-order valence-electron chi connectivity index (χ3n) is 5.38. The van der Waals surface area contributed by atoms with E-state index in [0.29, 0.717) is 18.8 Å². The van der Waals surface area contributed by atoms with Crippen LogP contribution in [0.5, 0.6) is 0 Å². The van der Waals surface area contributed by atoms with Gasteiger partial charge in [-0.1, -0.05) is 6.92 Å². The number of halogens is 2. The molecule has 0 radical (unpaired) electrons. The van der Waals surface area contributed by atoms with Crippen LogP contribution in [0.2, 0.25) is 0 Å². The molecule has 1 N–H and O–H groups in total. The van der Waals surface area contributed by atoms with Gasteiger partial charge in [0.15, 0.2) is 0 Å². The van der Waals surface area contributed by atoms with Crippen molar-refractivity contribution >= 4 is 11.8 Å². The highest BCUT2D eigenvalue weighted by molar-refractivity contribution is 5.98. The van der Waals surface area contributed by atoms with Crippen molar-refractivity contribution in [1.82, 2.24) is 10.2 Å². The van der Waals surface area contributed by atoms with E-state index in [0.717, 1.165) is 31.0 Å². The fourth-order valence-electron chi connectivity index (χ4n) is 3.98. The van der Waals surface area contributed by atoms with Crippen molar-refractivity contribution in [2.24, 2.45) is 5.92 Å². The van der Waals surface area contributed by atoms with E-state index < -0.39 is 29.3 Å². The largest absolute Gasteiger partial charge is 0.353 e. The maximum Gasteiger partial charge on any atom is 0.257 e. The Bertz CT molecular complexity index is 710. The molecule has 1 atom stereocenters. The van der Waals surface area contributed by atoms with Crippen molar-refractivity contribution in [3.05, 3.63) is 35.4 Å². The van der Waals surface area contributed by atoms with Crippen molar-refractivity contribution in [2.75, 3.05) is 6.61 Å². The van der Waals surface area contributed by atoms with Gasteiger partial charge in [-0.3, -0.25) is 14.5 Å². The molecule has 2 fully saturated rings. The molecule has 1 spiro atoms. The van der Waals surface area contributed by atoms with Crippen LogP contribution in [0.3, 0.4) is 0 Å². The van der Waals surface area contributed by atoms with E-state index in [2.05, 4.69) is 12.2 Å². The van der Waals surface area contributed by atoms with E-state index in [4.69, 9.17) is 4.74 Å². The Morgan fingerprint density at radius 2 is 1.78 bits per heavy atom. The lowest BCUT2D eigenvalue weighted by Gasteiger charge is -2.43. The molecule has 7 heteroatoms. The van der Waals surface area contributed by atoms with Crippen LogP contribution in [0, 0.1) is 17.6 Å². The number of hydrogen-bond acceptors (Lipinski definition) is 3. The Morgan fingerprint density at radius 3 is 2.33 bits per heavy atom. The molecule has 0 aromatic heterocycles. The Kier molecular flexibility index (Phi) is 5.51. The molecule has 2 amide bonds. The van der Waals surface area contributed by atoms with Crippen LogP contribution in [0.25, 0.3) is 0 Å². The van der Waals surface area contributed by atoms with Crippen LogP contribution in [-0.4, -0.2) is 41.1 Å². The molecule has 3 rings (SSSR count). The molecule has 148 valence electrons. The third-order valence-corrected chi connectivity index (χ3v) is 5.38. The molecular formula is C20H26F2N2O3. The molecule has 1 saturated carbocycles. The van der Waals surface area contributed by atoms with Crippen LogP contribution >= 0.6 is 0 Å². The average molecular weight is 380 g/mol. The number of ether oxygens (including phenoxy) is 1. The summed E-state index contributed by atoms with van der Waals surface area (Å²) < 4.78 is 33.4. The lowest BCUT2D eigenvalue weighted by Crippen LogP contribution is -2.57. The lowest BCUT2D eigenvalue weighted by molar-refractivity contribution is -0.128. The van der Waals surface area contributed by atoms with E-state index in [-0.39, 0.29) is 24.1 Å². The van der Waals surface area contributed by atoms with Gasteiger partial charge in [-0.2, -0.15) is 0 Å². The second-order valence-corrected chi connectivity index (χ2v) is 7.95. The number of benzene rings is 1. The summed E-state index contributed by atoms with van der Waals surface area (Å²) in [5, 5.41) is 2.81. The molecule has 1 aromatic carbocycles. The summed E-state index contributed by atoms with van der Waals surface area (Å²) in [6.07, 6.45) is 2.92. The number of hydrogen-bond donors (Lipinski definition) is 1. The predicted octanol–water partition coefficient (Wildman–Crippen LogP) is 3.24. The first-order chi connectivity index (χ1) is 12.7. The summed E-state index contributed by atoms with van der Waals surface area (Å²) >= 11 is 0. The first-order valence-corrected chi connectivity index (χ1v) is 9.46. The van der Waals surface area contributed by atoms with Gasteiger partial charge in [-0.15, -0.1) is 0 Å². The van der Waals surface area contributed by atoms with E-state index in [1.165, 1.54) is 4.90 Å². The van der Waals surface area contributed by atoms with Gasteiger partial charge in [-0.25, -0.2) is 8.78 Å². The Hall–Kier alpha value is -2.02. The number of nitrogens with zero attached hydrogens (tertiary/aromatic N) is 1. The minimum Gasteiger partial charge on any atom is -0.353 e. The van der Waals surface area contributed by atoms with E-state index in [1.54, 1.807) is 0 Å². The van der Waals surface area contributed by atoms with Gasteiger partial charge in [0, 0.05) is 17.7 Å². The highest BCUT2D eigenvalue weighted by Gasteiger charge is 2.53. The molecule has 0 bridgehead atoms. The number of carbonyl (C=O) groups excluding carboxylic acids is 2. The molecule has 1 aliphatic carbocycles. The number of amides is 2. The molecule has 1 saturated heterocycles. The first kappa shape index (κ1) is 19.7. The predicted molar refractivity (Wildman–Crippen MR) is 95.9 cm³/mol. The number of carbonyl (C=O) groups is 2. The first-order valence-electron chi connectivity index (χ1n) is 9.46. The van der Waals surface area contributed by atoms with E-state index in [9.17, 15) is 18.4 Å².